The second-order valence-electron chi connectivity index (χ2n) is 10.3. The first-order valence-corrected chi connectivity index (χ1v) is 11.5. The summed E-state index contributed by atoms with van der Waals surface area (Å²) in [7, 11) is 0. The summed E-state index contributed by atoms with van der Waals surface area (Å²) in [5.41, 5.74) is 3.79. The predicted octanol–water partition coefficient (Wildman–Crippen LogP) is 7.17. The number of benzene rings is 1. The Labute approximate surface area is 183 Å². The number of fused-ring (bicyclic) bond motifs is 1. The molecule has 2 aliphatic rings. The second kappa shape index (κ2) is 8.96. The molecule has 0 spiro atoms. The number of hydrogen-bond acceptors (Lipinski definition) is 1. The van der Waals surface area contributed by atoms with Gasteiger partial charge < -0.3 is 5.32 Å². The van der Waals surface area contributed by atoms with E-state index < -0.39 is 0 Å². The van der Waals surface area contributed by atoms with E-state index in [-0.39, 0.29) is 23.3 Å². The van der Waals surface area contributed by atoms with Gasteiger partial charge in [-0.15, -0.1) is 0 Å². The normalized spacial score (nSPS) is 29.4. The van der Waals surface area contributed by atoms with Crippen molar-refractivity contribution >= 4 is 5.91 Å². The molecule has 2 heteroatoms. The molecule has 0 heterocycles. The zero-order chi connectivity index (χ0) is 21.9. The van der Waals surface area contributed by atoms with Crippen molar-refractivity contribution in [1.29, 1.82) is 0 Å². The number of allylic oxidation sites excluding steroid dienone is 4. The van der Waals surface area contributed by atoms with E-state index >= 15 is 0 Å². The van der Waals surface area contributed by atoms with Gasteiger partial charge in [-0.25, -0.2) is 0 Å². The van der Waals surface area contributed by atoms with Gasteiger partial charge in [0.05, 0.1) is 6.04 Å². The van der Waals surface area contributed by atoms with E-state index in [1.165, 1.54) is 24.8 Å². The third-order valence-corrected chi connectivity index (χ3v) is 7.93. The average Bonchev–Trinajstić information content (AvgIpc) is 2.71. The fraction of sp³-hybridized carbons (Fsp3) is 0.536. The predicted molar refractivity (Wildman–Crippen MR) is 127 cm³/mol. The summed E-state index contributed by atoms with van der Waals surface area (Å²) in [6.45, 7) is 15.4. The molecule has 4 atom stereocenters. The second-order valence-corrected chi connectivity index (χ2v) is 10.3. The molecule has 1 aromatic rings. The van der Waals surface area contributed by atoms with E-state index in [0.29, 0.717) is 11.3 Å². The van der Waals surface area contributed by atoms with E-state index in [2.05, 4.69) is 70.8 Å². The van der Waals surface area contributed by atoms with Crippen LogP contribution in [-0.4, -0.2) is 5.91 Å². The molecule has 0 aromatic heterocycles. The van der Waals surface area contributed by atoms with Crippen LogP contribution >= 0.6 is 0 Å². The Morgan fingerprint density at radius 2 is 1.93 bits per heavy atom. The Morgan fingerprint density at radius 3 is 2.60 bits per heavy atom. The Balaban J connectivity index is 1.91. The van der Waals surface area contributed by atoms with Crippen molar-refractivity contribution in [3.05, 3.63) is 71.8 Å². The summed E-state index contributed by atoms with van der Waals surface area (Å²) in [4.78, 5) is 13.5. The van der Waals surface area contributed by atoms with Crippen LogP contribution in [0.1, 0.15) is 78.3 Å². The Hall–Kier alpha value is -2.09. The molecule has 1 aromatic carbocycles. The monoisotopic (exact) mass is 405 g/mol. The molecule has 2 nitrogen and oxygen atoms in total. The standard InChI is InChI=1S/C28H39NO/c1-7-20(2)14-16-24-23(26(30)29-21(3)22-12-9-8-10-13-22)15-17-25-27(4,5)18-11-19-28(24,25)6/h7-10,12-15,21,24-25H,1,11,16-19H2,2-6H3,(H,29,30)/b20-14+/t21-,24-,25+,28+/m0/s1. The van der Waals surface area contributed by atoms with Crippen molar-refractivity contribution in [2.45, 2.75) is 72.8 Å². The number of carbonyl (C=O) groups excluding carboxylic acids is 1. The molecular weight excluding hydrogens is 366 g/mol. The fourth-order valence-electron chi connectivity index (χ4n) is 6.05. The van der Waals surface area contributed by atoms with Gasteiger partial charge in [-0.2, -0.15) is 0 Å². The van der Waals surface area contributed by atoms with Gasteiger partial charge in [0.1, 0.15) is 0 Å². The Morgan fingerprint density at radius 1 is 1.23 bits per heavy atom. The largest absolute Gasteiger partial charge is 0.346 e. The molecule has 30 heavy (non-hydrogen) atoms. The molecule has 1 saturated carbocycles. The molecule has 162 valence electrons. The topological polar surface area (TPSA) is 29.1 Å². The average molecular weight is 406 g/mol. The first-order chi connectivity index (χ1) is 14.2. The molecule has 0 unspecified atom stereocenters. The number of carbonyl (C=O) groups is 1. The SMILES string of the molecule is C=C/C(C)=C/C[C@H]1C(C(=O)N[C@@H](C)c2ccccc2)=CC[C@@H]2C(C)(C)CCC[C@@]21C. The van der Waals surface area contributed by atoms with Crippen molar-refractivity contribution < 1.29 is 4.79 Å². The number of rotatable bonds is 6. The number of hydrogen-bond donors (Lipinski definition) is 1. The lowest BCUT2D eigenvalue weighted by Crippen LogP contribution is -2.50. The molecule has 0 saturated heterocycles. The molecule has 0 aliphatic heterocycles. The minimum atomic E-state index is -0.000898. The summed E-state index contributed by atoms with van der Waals surface area (Å²) in [6, 6.07) is 10.2. The highest BCUT2D eigenvalue weighted by molar-refractivity contribution is 5.94. The first kappa shape index (κ1) is 22.6. The quantitative estimate of drug-likeness (QED) is 0.500. The highest BCUT2D eigenvalue weighted by Crippen LogP contribution is 2.60. The van der Waals surface area contributed by atoms with Crippen LogP contribution in [0, 0.1) is 22.7 Å². The molecule has 2 aliphatic carbocycles. The lowest BCUT2D eigenvalue weighted by Gasteiger charge is -2.56. The summed E-state index contributed by atoms with van der Waals surface area (Å²) >= 11 is 0. The summed E-state index contributed by atoms with van der Waals surface area (Å²) < 4.78 is 0. The summed E-state index contributed by atoms with van der Waals surface area (Å²) in [5.74, 6) is 0.960. The van der Waals surface area contributed by atoms with Gasteiger partial charge in [0.2, 0.25) is 5.91 Å². The van der Waals surface area contributed by atoms with Gasteiger partial charge in [0.25, 0.3) is 0 Å². The van der Waals surface area contributed by atoms with Crippen LogP contribution in [-0.2, 0) is 4.79 Å². The Bertz CT molecular complexity index is 831. The van der Waals surface area contributed by atoms with Crippen molar-refractivity contribution in [2.24, 2.45) is 22.7 Å². The molecule has 3 rings (SSSR count). The first-order valence-electron chi connectivity index (χ1n) is 11.5. The van der Waals surface area contributed by atoms with Gasteiger partial charge in [-0.3, -0.25) is 4.79 Å². The van der Waals surface area contributed by atoms with Crippen LogP contribution in [0.2, 0.25) is 0 Å². The Kier molecular flexibility index (Phi) is 6.75. The van der Waals surface area contributed by atoms with Crippen molar-refractivity contribution in [3.8, 4) is 0 Å². The van der Waals surface area contributed by atoms with E-state index in [1.807, 2.05) is 24.3 Å². The van der Waals surface area contributed by atoms with Crippen LogP contribution in [0.15, 0.2) is 66.3 Å². The van der Waals surface area contributed by atoms with Crippen molar-refractivity contribution in [3.63, 3.8) is 0 Å². The van der Waals surface area contributed by atoms with Gasteiger partial charge in [-0.1, -0.05) is 87.9 Å². The van der Waals surface area contributed by atoms with Crippen LogP contribution < -0.4 is 5.32 Å². The van der Waals surface area contributed by atoms with E-state index in [1.54, 1.807) is 0 Å². The molecule has 0 bridgehead atoms. The summed E-state index contributed by atoms with van der Waals surface area (Å²) in [6.07, 6.45) is 12.1. The maximum absolute atomic E-state index is 13.5. The maximum atomic E-state index is 13.5. The third-order valence-electron chi connectivity index (χ3n) is 7.93. The molecular formula is C28H39NO. The van der Waals surface area contributed by atoms with Crippen LogP contribution in [0.3, 0.4) is 0 Å². The van der Waals surface area contributed by atoms with Crippen molar-refractivity contribution in [2.75, 3.05) is 0 Å². The smallest absolute Gasteiger partial charge is 0.247 e. The molecule has 1 N–H and O–H groups in total. The molecule has 1 fully saturated rings. The minimum absolute atomic E-state index is 0.000898. The number of nitrogens with one attached hydrogen (secondary N) is 1. The highest BCUT2D eigenvalue weighted by atomic mass is 16.1. The van der Waals surface area contributed by atoms with E-state index in [9.17, 15) is 4.79 Å². The summed E-state index contributed by atoms with van der Waals surface area (Å²) in [5, 5.41) is 3.28. The zero-order valence-corrected chi connectivity index (χ0v) is 19.5. The molecule has 1 amide bonds. The maximum Gasteiger partial charge on any atom is 0.247 e. The molecule has 0 radical (unpaired) electrons. The lowest BCUT2D eigenvalue weighted by molar-refractivity contribution is -0.121. The van der Waals surface area contributed by atoms with Crippen LogP contribution in [0.4, 0.5) is 0 Å². The van der Waals surface area contributed by atoms with Gasteiger partial charge in [0.15, 0.2) is 0 Å². The van der Waals surface area contributed by atoms with Gasteiger partial charge >= 0.3 is 0 Å². The fourth-order valence-corrected chi connectivity index (χ4v) is 6.05. The van der Waals surface area contributed by atoms with Crippen LogP contribution in [0.25, 0.3) is 0 Å². The van der Waals surface area contributed by atoms with Gasteiger partial charge in [-0.05, 0) is 67.8 Å². The van der Waals surface area contributed by atoms with Gasteiger partial charge in [0, 0.05) is 5.57 Å². The van der Waals surface area contributed by atoms with Crippen LogP contribution in [0.5, 0.6) is 0 Å². The minimum Gasteiger partial charge on any atom is -0.346 e. The number of amides is 1. The highest BCUT2D eigenvalue weighted by Gasteiger charge is 2.53. The lowest BCUT2D eigenvalue weighted by atomic mass is 9.48. The third kappa shape index (κ3) is 4.48. The zero-order valence-electron chi connectivity index (χ0n) is 19.5. The van der Waals surface area contributed by atoms with E-state index in [4.69, 9.17) is 0 Å². The van der Waals surface area contributed by atoms with Crippen molar-refractivity contribution in [1.82, 2.24) is 5.32 Å². The van der Waals surface area contributed by atoms with E-state index in [0.717, 1.165) is 24.0 Å².